The van der Waals surface area contributed by atoms with Crippen LogP contribution in [0.4, 0.5) is 0 Å². The molecule has 2 rings (SSSR count). The molecule has 0 spiro atoms. The van der Waals surface area contributed by atoms with Gasteiger partial charge in [-0.05, 0) is 12.0 Å². The van der Waals surface area contributed by atoms with E-state index in [2.05, 4.69) is 10.1 Å². The number of hydrogen-bond acceptors (Lipinski definition) is 5. The maximum Gasteiger partial charge on any atom is 0.243 e. The lowest BCUT2D eigenvalue weighted by molar-refractivity contribution is 0.199. The van der Waals surface area contributed by atoms with E-state index in [1.807, 2.05) is 30.3 Å². The molecule has 0 radical (unpaired) electrons. The van der Waals surface area contributed by atoms with Crippen LogP contribution in [0.15, 0.2) is 34.9 Å². The lowest BCUT2D eigenvalue weighted by Crippen LogP contribution is -2.13. The standard InChI is InChI=1S/C13H17N3O2/c1-17-8-7-12-15-13(18-16-12)11(14)9-10-5-3-2-4-6-10/h2-6,11H,7-9,14H2,1H3/t11-/m1/s1. The van der Waals surface area contributed by atoms with Gasteiger partial charge in [0.05, 0.1) is 12.6 Å². The number of hydrogen-bond donors (Lipinski definition) is 1. The van der Waals surface area contributed by atoms with Gasteiger partial charge in [-0.25, -0.2) is 0 Å². The van der Waals surface area contributed by atoms with Gasteiger partial charge in [0.25, 0.3) is 0 Å². The molecule has 1 atom stereocenters. The second kappa shape index (κ2) is 6.28. The fourth-order valence-corrected chi connectivity index (χ4v) is 1.67. The molecular weight excluding hydrogens is 230 g/mol. The van der Waals surface area contributed by atoms with Gasteiger partial charge >= 0.3 is 0 Å². The minimum Gasteiger partial charge on any atom is -0.384 e. The first-order valence-corrected chi connectivity index (χ1v) is 5.90. The number of methoxy groups -OCH3 is 1. The van der Waals surface area contributed by atoms with Crippen LogP contribution in [0.5, 0.6) is 0 Å². The van der Waals surface area contributed by atoms with Crippen LogP contribution < -0.4 is 5.73 Å². The SMILES string of the molecule is COCCc1noc([C@H](N)Cc2ccccc2)n1. The molecule has 18 heavy (non-hydrogen) atoms. The van der Waals surface area contributed by atoms with E-state index in [0.29, 0.717) is 31.2 Å². The zero-order valence-corrected chi connectivity index (χ0v) is 10.4. The maximum atomic E-state index is 6.04. The summed E-state index contributed by atoms with van der Waals surface area (Å²) in [7, 11) is 1.64. The summed E-state index contributed by atoms with van der Waals surface area (Å²) < 4.78 is 10.1. The number of aromatic nitrogens is 2. The third-order valence-electron chi connectivity index (χ3n) is 2.63. The fourth-order valence-electron chi connectivity index (χ4n) is 1.67. The molecule has 2 aromatic rings. The summed E-state index contributed by atoms with van der Waals surface area (Å²) in [6, 6.07) is 9.74. The predicted molar refractivity (Wildman–Crippen MR) is 67.0 cm³/mol. The minimum absolute atomic E-state index is 0.267. The normalized spacial score (nSPS) is 12.6. The van der Waals surface area contributed by atoms with E-state index in [4.69, 9.17) is 15.0 Å². The van der Waals surface area contributed by atoms with Crippen LogP contribution in [0.2, 0.25) is 0 Å². The molecule has 0 bridgehead atoms. The molecule has 5 heteroatoms. The Hall–Kier alpha value is -1.72. The first-order valence-electron chi connectivity index (χ1n) is 5.90. The van der Waals surface area contributed by atoms with Crippen molar-refractivity contribution < 1.29 is 9.26 Å². The van der Waals surface area contributed by atoms with Crippen LogP contribution in [-0.2, 0) is 17.6 Å². The van der Waals surface area contributed by atoms with Gasteiger partial charge in [0.2, 0.25) is 5.89 Å². The van der Waals surface area contributed by atoms with Gasteiger partial charge in [0.15, 0.2) is 5.82 Å². The van der Waals surface area contributed by atoms with Crippen molar-refractivity contribution in [2.75, 3.05) is 13.7 Å². The Kier molecular flexibility index (Phi) is 4.44. The molecule has 1 heterocycles. The molecule has 0 unspecified atom stereocenters. The fraction of sp³-hybridized carbons (Fsp3) is 0.385. The second-order valence-corrected chi connectivity index (χ2v) is 4.09. The van der Waals surface area contributed by atoms with E-state index in [1.165, 1.54) is 0 Å². The van der Waals surface area contributed by atoms with E-state index in [0.717, 1.165) is 5.56 Å². The Morgan fingerprint density at radius 3 is 2.83 bits per heavy atom. The molecule has 0 fully saturated rings. The average Bonchev–Trinajstić information content (AvgIpc) is 2.86. The van der Waals surface area contributed by atoms with Crippen molar-refractivity contribution in [3.05, 3.63) is 47.6 Å². The lowest BCUT2D eigenvalue weighted by Gasteiger charge is -2.05. The van der Waals surface area contributed by atoms with E-state index in [-0.39, 0.29) is 6.04 Å². The molecule has 0 amide bonds. The molecule has 1 aromatic carbocycles. The molecule has 1 aromatic heterocycles. The summed E-state index contributed by atoms with van der Waals surface area (Å²) in [6.07, 6.45) is 1.32. The Bertz CT molecular complexity index is 470. The van der Waals surface area contributed by atoms with E-state index < -0.39 is 0 Å². The van der Waals surface area contributed by atoms with Crippen molar-refractivity contribution in [3.8, 4) is 0 Å². The number of rotatable bonds is 6. The first-order chi connectivity index (χ1) is 8.79. The summed E-state index contributed by atoms with van der Waals surface area (Å²) in [6.45, 7) is 0.576. The molecule has 0 aliphatic heterocycles. The zero-order valence-electron chi connectivity index (χ0n) is 10.4. The number of ether oxygens (including phenoxy) is 1. The van der Waals surface area contributed by atoms with Crippen LogP contribution in [0.25, 0.3) is 0 Å². The average molecular weight is 247 g/mol. The summed E-state index contributed by atoms with van der Waals surface area (Å²) in [4.78, 5) is 4.26. The second-order valence-electron chi connectivity index (χ2n) is 4.09. The molecule has 2 N–H and O–H groups in total. The zero-order chi connectivity index (χ0) is 12.8. The highest BCUT2D eigenvalue weighted by molar-refractivity contribution is 5.16. The van der Waals surface area contributed by atoms with Crippen LogP contribution in [-0.4, -0.2) is 23.9 Å². The van der Waals surface area contributed by atoms with Crippen molar-refractivity contribution in [2.24, 2.45) is 5.73 Å². The third-order valence-corrected chi connectivity index (χ3v) is 2.63. The lowest BCUT2D eigenvalue weighted by atomic mass is 10.1. The van der Waals surface area contributed by atoms with Crippen LogP contribution in [0.1, 0.15) is 23.3 Å². The monoisotopic (exact) mass is 247 g/mol. The number of nitrogens with zero attached hydrogens (tertiary/aromatic N) is 2. The number of benzene rings is 1. The van der Waals surface area contributed by atoms with Gasteiger partial charge in [-0.15, -0.1) is 0 Å². The van der Waals surface area contributed by atoms with E-state index in [9.17, 15) is 0 Å². The van der Waals surface area contributed by atoms with Crippen LogP contribution in [0.3, 0.4) is 0 Å². The topological polar surface area (TPSA) is 74.2 Å². The van der Waals surface area contributed by atoms with E-state index in [1.54, 1.807) is 7.11 Å². The van der Waals surface area contributed by atoms with Crippen molar-refractivity contribution in [2.45, 2.75) is 18.9 Å². The third kappa shape index (κ3) is 3.38. The molecule has 96 valence electrons. The predicted octanol–water partition coefficient (Wildman–Crippen LogP) is 1.50. The van der Waals surface area contributed by atoms with Gasteiger partial charge in [-0.2, -0.15) is 4.98 Å². The minimum atomic E-state index is -0.267. The molecule has 5 nitrogen and oxygen atoms in total. The van der Waals surface area contributed by atoms with Crippen molar-refractivity contribution in [3.63, 3.8) is 0 Å². The van der Waals surface area contributed by atoms with Gasteiger partial charge in [0.1, 0.15) is 0 Å². The molecule has 0 saturated carbocycles. The molecule has 0 aliphatic rings. The highest BCUT2D eigenvalue weighted by Crippen LogP contribution is 2.14. The summed E-state index contributed by atoms with van der Waals surface area (Å²) >= 11 is 0. The Balaban J connectivity index is 1.96. The van der Waals surface area contributed by atoms with Crippen LogP contribution >= 0.6 is 0 Å². The molecule has 0 aliphatic carbocycles. The first kappa shape index (κ1) is 12.7. The number of nitrogens with two attached hydrogens (primary N) is 1. The Morgan fingerprint density at radius 1 is 1.33 bits per heavy atom. The Labute approximate surface area is 106 Å². The van der Waals surface area contributed by atoms with Crippen molar-refractivity contribution in [1.82, 2.24) is 10.1 Å². The van der Waals surface area contributed by atoms with Crippen molar-refractivity contribution in [1.29, 1.82) is 0 Å². The van der Waals surface area contributed by atoms with Crippen molar-refractivity contribution >= 4 is 0 Å². The molecule has 0 saturated heterocycles. The summed E-state index contributed by atoms with van der Waals surface area (Å²) in [5.41, 5.74) is 7.20. The van der Waals surface area contributed by atoms with Gasteiger partial charge in [-0.3, -0.25) is 0 Å². The molecular formula is C13H17N3O2. The summed E-state index contributed by atoms with van der Waals surface area (Å²) in [5, 5.41) is 3.87. The smallest absolute Gasteiger partial charge is 0.243 e. The van der Waals surface area contributed by atoms with Gasteiger partial charge in [-0.1, -0.05) is 35.5 Å². The van der Waals surface area contributed by atoms with Gasteiger partial charge in [0, 0.05) is 13.5 Å². The quantitative estimate of drug-likeness (QED) is 0.837. The largest absolute Gasteiger partial charge is 0.384 e. The van der Waals surface area contributed by atoms with E-state index >= 15 is 0 Å². The summed E-state index contributed by atoms with van der Waals surface area (Å²) in [5.74, 6) is 1.11. The maximum absolute atomic E-state index is 6.04. The highest BCUT2D eigenvalue weighted by Gasteiger charge is 2.15. The van der Waals surface area contributed by atoms with Crippen LogP contribution in [0, 0.1) is 0 Å². The Morgan fingerprint density at radius 2 is 2.11 bits per heavy atom. The van der Waals surface area contributed by atoms with Gasteiger partial charge < -0.3 is 15.0 Å². The highest BCUT2D eigenvalue weighted by atomic mass is 16.5.